The molecule has 212 valence electrons. The maximum Gasteiger partial charge on any atom is 0.408 e. The highest BCUT2D eigenvalue weighted by Gasteiger charge is 2.49. The second-order valence-corrected chi connectivity index (χ2v) is 9.86. The number of oxime groups is 1. The van der Waals surface area contributed by atoms with Crippen molar-refractivity contribution in [2.45, 2.75) is 57.4 Å². The van der Waals surface area contributed by atoms with Crippen molar-refractivity contribution in [2.75, 3.05) is 6.54 Å². The first-order valence-corrected chi connectivity index (χ1v) is 12.8. The summed E-state index contributed by atoms with van der Waals surface area (Å²) in [6.45, 7) is 3.25. The van der Waals surface area contributed by atoms with Crippen LogP contribution in [0.4, 0.5) is 4.79 Å². The van der Waals surface area contributed by atoms with Gasteiger partial charge in [0.1, 0.15) is 12.6 Å². The second kappa shape index (κ2) is 14.0. The quantitative estimate of drug-likeness (QED) is 0.256. The Morgan fingerprint density at radius 2 is 1.68 bits per heavy atom. The zero-order valence-electron chi connectivity index (χ0n) is 22.3. The highest BCUT2D eigenvalue weighted by molar-refractivity contribution is 6.01. The maximum absolute atomic E-state index is 13.6. The van der Waals surface area contributed by atoms with E-state index in [4.69, 9.17) is 15.1 Å². The molecule has 0 aliphatic carbocycles. The summed E-state index contributed by atoms with van der Waals surface area (Å²) >= 11 is 0. The number of hydrogen-bond donors (Lipinski definition) is 4. The van der Waals surface area contributed by atoms with Gasteiger partial charge >= 0.3 is 12.1 Å². The fraction of sp³-hybridized carbons (Fsp3) is 0.393. The molecule has 3 rings (SSSR count). The number of nitrogens with zero attached hydrogens (tertiary/aromatic N) is 2. The molecule has 12 nitrogen and oxygen atoms in total. The number of carbonyl (C=O) groups is 4. The van der Waals surface area contributed by atoms with Crippen LogP contribution in [0.25, 0.3) is 5.53 Å². The molecule has 0 saturated carbocycles. The Hall–Kier alpha value is -4.61. The molecule has 3 atom stereocenters. The fourth-order valence-electron chi connectivity index (χ4n) is 4.33. The van der Waals surface area contributed by atoms with E-state index < -0.39 is 54.4 Å². The Morgan fingerprint density at radius 1 is 1.05 bits per heavy atom. The van der Waals surface area contributed by atoms with E-state index in [-0.39, 0.29) is 25.4 Å². The van der Waals surface area contributed by atoms with Crippen molar-refractivity contribution in [3.05, 3.63) is 77.3 Å². The molecule has 0 radical (unpaired) electrons. The van der Waals surface area contributed by atoms with Gasteiger partial charge in [0, 0.05) is 12.8 Å². The summed E-state index contributed by atoms with van der Waals surface area (Å²) in [6, 6.07) is 16.1. The molecule has 12 heteroatoms. The Morgan fingerprint density at radius 3 is 2.25 bits per heavy atom. The highest BCUT2D eigenvalue weighted by Crippen LogP contribution is 2.31. The van der Waals surface area contributed by atoms with Gasteiger partial charge in [0.2, 0.25) is 11.4 Å². The van der Waals surface area contributed by atoms with Crippen LogP contribution in [0.3, 0.4) is 0 Å². The highest BCUT2D eigenvalue weighted by atomic mass is 16.7. The lowest BCUT2D eigenvalue weighted by Gasteiger charge is -2.28. The Bertz CT molecular complexity index is 1240. The topological polar surface area (TPSA) is 180 Å². The first-order chi connectivity index (χ1) is 19.1. The SMILES string of the molecule is CC(C)C(NC(=O)OCc1ccccc1)C1=NOC(Cc2ccccc2)(C(=O)N[C@@H](CC(=O)O)C(=O)C[NH+]=[N-])C1. The number of carbonyl (C=O) groups excluding carboxylic acids is 3. The van der Waals surface area contributed by atoms with Crippen LogP contribution in [0.5, 0.6) is 0 Å². The number of ether oxygens (including phenoxy) is 1. The lowest BCUT2D eigenvalue weighted by molar-refractivity contribution is -0.467. The number of rotatable bonds is 14. The molecule has 2 aromatic rings. The van der Waals surface area contributed by atoms with E-state index in [2.05, 4.69) is 15.8 Å². The van der Waals surface area contributed by atoms with Crippen LogP contribution in [-0.4, -0.2) is 58.8 Å². The average Bonchev–Trinajstić information content (AvgIpc) is 3.35. The largest absolute Gasteiger partial charge is 0.508 e. The summed E-state index contributed by atoms with van der Waals surface area (Å²) in [7, 11) is 0. The number of benzene rings is 2. The molecule has 0 aromatic heterocycles. The number of alkyl carbamates (subject to hydrolysis) is 1. The molecule has 0 spiro atoms. The van der Waals surface area contributed by atoms with Crippen molar-refractivity contribution in [1.29, 1.82) is 0 Å². The van der Waals surface area contributed by atoms with Crippen molar-refractivity contribution in [2.24, 2.45) is 11.1 Å². The van der Waals surface area contributed by atoms with Gasteiger partial charge in [-0.25, -0.2) is 4.79 Å². The van der Waals surface area contributed by atoms with E-state index in [1.807, 2.05) is 50.2 Å². The predicted octanol–water partition coefficient (Wildman–Crippen LogP) is 1.33. The van der Waals surface area contributed by atoms with Gasteiger partial charge in [-0.15, -0.1) is 0 Å². The zero-order valence-corrected chi connectivity index (χ0v) is 22.3. The molecular formula is C28H33N5O7. The summed E-state index contributed by atoms with van der Waals surface area (Å²) in [6.07, 6.45) is -1.34. The molecule has 40 heavy (non-hydrogen) atoms. The molecule has 1 aliphatic heterocycles. The normalized spacial score (nSPS) is 17.6. The summed E-state index contributed by atoms with van der Waals surface area (Å²) in [4.78, 5) is 55.8. The van der Waals surface area contributed by atoms with Crippen molar-refractivity contribution in [3.8, 4) is 0 Å². The van der Waals surface area contributed by atoms with Crippen molar-refractivity contribution >= 4 is 29.5 Å². The van der Waals surface area contributed by atoms with Crippen molar-refractivity contribution in [1.82, 2.24) is 10.6 Å². The first-order valence-electron chi connectivity index (χ1n) is 12.8. The zero-order chi connectivity index (χ0) is 29.1. The van der Waals surface area contributed by atoms with E-state index in [0.717, 1.165) is 11.1 Å². The number of hydrogen-bond acceptors (Lipinski definition) is 7. The molecule has 2 unspecified atom stereocenters. The minimum Gasteiger partial charge on any atom is -0.508 e. The first kappa shape index (κ1) is 29.9. The Labute approximate surface area is 231 Å². The van der Waals surface area contributed by atoms with Gasteiger partial charge in [-0.2, -0.15) is 0 Å². The van der Waals surface area contributed by atoms with Crippen LogP contribution in [0.2, 0.25) is 0 Å². The monoisotopic (exact) mass is 551 g/mol. The Balaban J connectivity index is 1.80. The molecule has 0 fully saturated rings. The van der Waals surface area contributed by atoms with E-state index in [1.165, 1.54) is 0 Å². The van der Waals surface area contributed by atoms with Crippen molar-refractivity contribution in [3.63, 3.8) is 0 Å². The average molecular weight is 552 g/mol. The predicted molar refractivity (Wildman–Crippen MR) is 143 cm³/mol. The van der Waals surface area contributed by atoms with Crippen LogP contribution in [0.1, 0.15) is 37.8 Å². The van der Waals surface area contributed by atoms with Gasteiger partial charge in [0.15, 0.2) is 6.54 Å². The molecule has 2 amide bonds. The molecule has 0 bridgehead atoms. The second-order valence-electron chi connectivity index (χ2n) is 9.86. The molecule has 4 N–H and O–H groups in total. The molecule has 2 aromatic carbocycles. The summed E-state index contributed by atoms with van der Waals surface area (Å²) < 4.78 is 5.36. The van der Waals surface area contributed by atoms with Crippen LogP contribution >= 0.6 is 0 Å². The summed E-state index contributed by atoms with van der Waals surface area (Å²) in [5.41, 5.74) is 9.24. The van der Waals surface area contributed by atoms with Crippen LogP contribution in [-0.2, 0) is 37.0 Å². The van der Waals surface area contributed by atoms with Crippen molar-refractivity contribution < 1.29 is 39.0 Å². The van der Waals surface area contributed by atoms with Gasteiger partial charge in [-0.05, 0) is 17.0 Å². The van der Waals surface area contributed by atoms with Gasteiger partial charge in [-0.3, -0.25) is 14.4 Å². The van der Waals surface area contributed by atoms with Gasteiger partial charge in [-0.1, -0.05) is 79.7 Å². The van der Waals surface area contributed by atoms with E-state index in [0.29, 0.717) is 5.71 Å². The Kier molecular flexibility index (Phi) is 10.5. The number of nitrogens with one attached hydrogen (secondary N) is 3. The van der Waals surface area contributed by atoms with E-state index >= 15 is 0 Å². The minimum absolute atomic E-state index is 0.0399. The third-order valence-electron chi connectivity index (χ3n) is 6.39. The smallest absolute Gasteiger partial charge is 0.408 e. The number of carboxylic acids is 1. The van der Waals surface area contributed by atoms with Crippen LogP contribution in [0, 0.1) is 5.92 Å². The lowest BCUT2D eigenvalue weighted by Crippen LogP contribution is -2.68. The van der Waals surface area contributed by atoms with Gasteiger partial charge in [0.05, 0.1) is 18.2 Å². The number of Topliss-reactive ketones (excluding diaryl/α,β-unsaturated/α-hetero) is 1. The van der Waals surface area contributed by atoms with Gasteiger partial charge < -0.3 is 36.0 Å². The standard InChI is InChI=1S/C28H33N5O7/c1-18(2)25(32-27(38)39-17-20-11-7-4-8-12-20)22-15-28(40-33-22,14-19-9-5-3-6-10-19)26(37)31-21(13-24(35)36)23(34)16-30-29/h3-12,18,21,25,30H,13-17H2,1-2H3,(H,31,37)(H,32,38)(H,35,36)/t21-,25?,28?/m0/s1. The molecule has 1 heterocycles. The maximum atomic E-state index is 13.6. The number of amides is 2. The van der Waals surface area contributed by atoms with Gasteiger partial charge in [0.25, 0.3) is 5.91 Å². The summed E-state index contributed by atoms with van der Waals surface area (Å²) in [5, 5.41) is 20.4. The third kappa shape index (κ3) is 8.19. The molecule has 0 saturated heterocycles. The number of carboxylic acid groups (broad SMARTS) is 1. The van der Waals surface area contributed by atoms with Crippen LogP contribution in [0.15, 0.2) is 65.8 Å². The minimum atomic E-state index is -1.62. The van der Waals surface area contributed by atoms with E-state index in [9.17, 15) is 24.3 Å². The lowest BCUT2D eigenvalue weighted by atomic mass is 9.84. The van der Waals surface area contributed by atoms with E-state index in [1.54, 1.807) is 29.4 Å². The molecule has 1 aliphatic rings. The third-order valence-corrected chi connectivity index (χ3v) is 6.39. The number of ketones is 1. The fourth-order valence-corrected chi connectivity index (χ4v) is 4.33. The molecular weight excluding hydrogens is 518 g/mol. The van der Waals surface area contributed by atoms with Crippen LogP contribution < -0.4 is 15.7 Å². The summed E-state index contributed by atoms with van der Waals surface area (Å²) in [5.74, 6) is -2.94. The number of aliphatic carboxylic acids is 1.